The summed E-state index contributed by atoms with van der Waals surface area (Å²) >= 11 is 18.6. The minimum absolute atomic E-state index is 0.241. The minimum atomic E-state index is -0.942. The highest BCUT2D eigenvalue weighted by atomic mass is 35.5. The maximum Gasteiger partial charge on any atom is 0.321 e. The molecule has 9 heteroatoms. The predicted octanol–water partition coefficient (Wildman–Crippen LogP) is 6.89. The lowest BCUT2D eigenvalue weighted by Gasteiger charge is -2.18. The summed E-state index contributed by atoms with van der Waals surface area (Å²) in [5.41, 5.74) is 3.44. The Labute approximate surface area is 224 Å². The van der Waals surface area contributed by atoms with E-state index in [0.29, 0.717) is 45.2 Å². The Hall–Kier alpha value is -2.90. The summed E-state index contributed by atoms with van der Waals surface area (Å²) in [6.45, 7) is 2.79. The highest BCUT2D eigenvalue weighted by molar-refractivity contribution is 6.42. The number of aromatic nitrogens is 1. The topological polar surface area (TPSA) is 83.6 Å². The molecule has 4 rings (SSSR count). The fraction of sp³-hybridized carbons (Fsp3) is 0.222. The van der Waals surface area contributed by atoms with Crippen molar-refractivity contribution in [3.8, 4) is 11.5 Å². The Morgan fingerprint density at radius 3 is 2.50 bits per heavy atom. The highest BCUT2D eigenvalue weighted by Gasteiger charge is 2.20. The fourth-order valence-corrected chi connectivity index (χ4v) is 4.43. The van der Waals surface area contributed by atoms with Gasteiger partial charge in [-0.2, -0.15) is 0 Å². The average molecular weight is 548 g/mol. The van der Waals surface area contributed by atoms with Crippen LogP contribution < -0.4 is 14.8 Å². The number of fused-ring (bicyclic) bond motifs is 1. The van der Waals surface area contributed by atoms with Crippen molar-refractivity contribution in [3.05, 3.63) is 92.6 Å². The fourth-order valence-electron chi connectivity index (χ4n) is 3.88. The van der Waals surface area contributed by atoms with Gasteiger partial charge in [0.2, 0.25) is 0 Å². The van der Waals surface area contributed by atoms with Crippen LogP contribution in [0.3, 0.4) is 0 Å². The number of halogens is 3. The number of aromatic amines is 1. The monoisotopic (exact) mass is 546 g/mol. The molecule has 0 radical (unpaired) electrons. The van der Waals surface area contributed by atoms with Crippen LogP contribution in [-0.4, -0.2) is 28.7 Å². The zero-order chi connectivity index (χ0) is 25.7. The van der Waals surface area contributed by atoms with E-state index in [9.17, 15) is 9.90 Å². The number of rotatable bonds is 11. The molecule has 1 atom stereocenters. The molecular weight excluding hydrogens is 523 g/mol. The lowest BCUT2D eigenvalue weighted by molar-refractivity contribution is -0.139. The number of hydrogen-bond donors (Lipinski definition) is 3. The van der Waals surface area contributed by atoms with Gasteiger partial charge in [0.15, 0.2) is 11.5 Å². The van der Waals surface area contributed by atoms with Crippen LogP contribution in [0.1, 0.15) is 23.6 Å². The summed E-state index contributed by atoms with van der Waals surface area (Å²) in [5, 5.41) is 15.3. The lowest BCUT2D eigenvalue weighted by atomic mass is 10.0. The number of benzene rings is 3. The van der Waals surface area contributed by atoms with E-state index in [0.717, 1.165) is 22.0 Å². The van der Waals surface area contributed by atoms with Gasteiger partial charge in [0.1, 0.15) is 12.6 Å². The summed E-state index contributed by atoms with van der Waals surface area (Å²) < 4.78 is 11.7. The molecule has 0 aliphatic carbocycles. The maximum absolute atomic E-state index is 12.0. The van der Waals surface area contributed by atoms with Crippen molar-refractivity contribution in [3.63, 3.8) is 0 Å². The molecule has 0 spiro atoms. The smallest absolute Gasteiger partial charge is 0.321 e. The molecule has 1 heterocycles. The lowest BCUT2D eigenvalue weighted by Crippen LogP contribution is -2.38. The summed E-state index contributed by atoms with van der Waals surface area (Å²) in [7, 11) is 0. The normalized spacial score (nSPS) is 12.0. The first-order chi connectivity index (χ1) is 17.4. The van der Waals surface area contributed by atoms with E-state index in [1.54, 1.807) is 24.3 Å². The number of ether oxygens (including phenoxy) is 2. The van der Waals surface area contributed by atoms with Gasteiger partial charge in [-0.05, 0) is 47.9 Å². The van der Waals surface area contributed by atoms with Crippen molar-refractivity contribution >= 4 is 51.7 Å². The Morgan fingerprint density at radius 2 is 1.75 bits per heavy atom. The van der Waals surface area contributed by atoms with E-state index in [4.69, 9.17) is 44.3 Å². The third kappa shape index (κ3) is 6.26. The molecule has 0 aliphatic rings. The number of carboxylic acid groups (broad SMARTS) is 1. The van der Waals surface area contributed by atoms with Crippen LogP contribution in [0.2, 0.25) is 15.1 Å². The maximum atomic E-state index is 12.0. The van der Waals surface area contributed by atoms with Crippen LogP contribution in [0.25, 0.3) is 10.9 Å². The zero-order valence-electron chi connectivity index (χ0n) is 19.5. The van der Waals surface area contributed by atoms with E-state index in [1.807, 2.05) is 43.5 Å². The second kappa shape index (κ2) is 11.9. The van der Waals surface area contributed by atoms with Gasteiger partial charge in [-0.15, -0.1) is 0 Å². The van der Waals surface area contributed by atoms with Gasteiger partial charge in [-0.3, -0.25) is 10.1 Å². The van der Waals surface area contributed by atoms with Crippen molar-refractivity contribution in [2.75, 3.05) is 6.61 Å². The molecule has 0 saturated carbocycles. The summed E-state index contributed by atoms with van der Waals surface area (Å²) in [5.74, 6) is 0.0514. The van der Waals surface area contributed by atoms with E-state index in [2.05, 4.69) is 10.3 Å². The number of carbonyl (C=O) groups is 1. The molecule has 36 heavy (non-hydrogen) atoms. The summed E-state index contributed by atoms with van der Waals surface area (Å²) in [6, 6.07) is 15.7. The average Bonchev–Trinajstić information content (AvgIpc) is 3.27. The van der Waals surface area contributed by atoms with Gasteiger partial charge in [-0.1, -0.05) is 59.1 Å². The van der Waals surface area contributed by atoms with Gasteiger partial charge in [-0.25, -0.2) is 0 Å². The van der Waals surface area contributed by atoms with E-state index in [-0.39, 0.29) is 13.2 Å². The molecular formula is C27H25Cl3N2O4. The van der Waals surface area contributed by atoms with Crippen LogP contribution in [0, 0.1) is 0 Å². The van der Waals surface area contributed by atoms with E-state index < -0.39 is 12.0 Å². The highest BCUT2D eigenvalue weighted by Crippen LogP contribution is 2.35. The molecule has 1 aromatic heterocycles. The van der Waals surface area contributed by atoms with E-state index in [1.165, 1.54) is 0 Å². The van der Waals surface area contributed by atoms with Gasteiger partial charge >= 0.3 is 5.97 Å². The molecule has 0 aliphatic heterocycles. The molecule has 0 saturated heterocycles. The Morgan fingerprint density at radius 1 is 0.972 bits per heavy atom. The molecule has 3 N–H and O–H groups in total. The van der Waals surface area contributed by atoms with Gasteiger partial charge in [0.25, 0.3) is 0 Å². The van der Waals surface area contributed by atoms with Crippen molar-refractivity contribution in [2.45, 2.75) is 32.5 Å². The number of para-hydroxylation sites is 1. The van der Waals surface area contributed by atoms with Gasteiger partial charge in [0.05, 0.1) is 16.7 Å². The third-order valence-electron chi connectivity index (χ3n) is 5.73. The van der Waals surface area contributed by atoms with Crippen LogP contribution in [0.15, 0.2) is 60.8 Å². The van der Waals surface area contributed by atoms with Crippen LogP contribution in [0.4, 0.5) is 0 Å². The number of carboxylic acids is 1. The van der Waals surface area contributed by atoms with Crippen LogP contribution in [-0.2, 0) is 24.4 Å². The standard InChI is InChI=1S/C27H25Cl3N2O4/c1-2-35-25-11-18(21(29)12-26(25)36-15-16-7-8-20(28)22(30)9-16)14-32-24(27(33)34)10-17-13-31-23-6-4-3-5-19(17)23/h3-9,11-13,24,31-32H,2,10,14-15H2,1H3,(H,33,34). The third-order valence-corrected chi connectivity index (χ3v) is 6.82. The number of aliphatic carboxylic acids is 1. The molecule has 4 aromatic rings. The summed E-state index contributed by atoms with van der Waals surface area (Å²) in [4.78, 5) is 15.2. The first-order valence-electron chi connectivity index (χ1n) is 11.4. The zero-order valence-corrected chi connectivity index (χ0v) is 21.8. The van der Waals surface area contributed by atoms with Crippen LogP contribution >= 0.6 is 34.8 Å². The van der Waals surface area contributed by atoms with E-state index >= 15 is 0 Å². The molecule has 0 bridgehead atoms. The largest absolute Gasteiger partial charge is 0.490 e. The molecule has 0 amide bonds. The second-order valence-electron chi connectivity index (χ2n) is 8.20. The minimum Gasteiger partial charge on any atom is -0.490 e. The van der Waals surface area contributed by atoms with Crippen LogP contribution in [0.5, 0.6) is 11.5 Å². The Balaban J connectivity index is 1.48. The molecule has 188 valence electrons. The quantitative estimate of drug-likeness (QED) is 0.190. The van der Waals surface area contributed by atoms with Gasteiger partial charge in [0, 0.05) is 41.2 Å². The Bertz CT molecular complexity index is 1370. The first kappa shape index (κ1) is 26.2. The van der Waals surface area contributed by atoms with Crippen molar-refractivity contribution in [1.82, 2.24) is 10.3 Å². The van der Waals surface area contributed by atoms with Crippen molar-refractivity contribution in [1.29, 1.82) is 0 Å². The second-order valence-corrected chi connectivity index (χ2v) is 9.42. The first-order valence-corrected chi connectivity index (χ1v) is 12.5. The molecule has 0 fully saturated rings. The summed E-state index contributed by atoms with van der Waals surface area (Å²) in [6.07, 6.45) is 2.17. The predicted molar refractivity (Wildman–Crippen MR) is 144 cm³/mol. The van der Waals surface area contributed by atoms with Crippen molar-refractivity contribution in [2.24, 2.45) is 0 Å². The number of hydrogen-bond acceptors (Lipinski definition) is 4. The number of H-pyrrole nitrogens is 1. The molecule has 3 aromatic carbocycles. The van der Waals surface area contributed by atoms with Crippen molar-refractivity contribution < 1.29 is 19.4 Å². The van der Waals surface area contributed by atoms with Gasteiger partial charge < -0.3 is 19.6 Å². The SMILES string of the molecule is CCOc1cc(CNC(Cc2c[nH]c3ccccc23)C(=O)O)c(Cl)cc1OCc1ccc(Cl)c(Cl)c1. The molecule has 1 unspecified atom stereocenters. The Kier molecular flexibility index (Phi) is 8.64. The number of nitrogens with one attached hydrogen (secondary N) is 2. The molecule has 6 nitrogen and oxygen atoms in total.